The van der Waals surface area contributed by atoms with E-state index < -0.39 is 5.91 Å². The quantitative estimate of drug-likeness (QED) is 0.184. The molecule has 0 saturated heterocycles. The Kier molecular flexibility index (Phi) is 8.50. The lowest BCUT2D eigenvalue weighted by molar-refractivity contribution is -0.123. The second kappa shape index (κ2) is 12.0. The minimum Gasteiger partial charge on any atom is -0.506 e. The minimum absolute atomic E-state index is 0.0706. The fourth-order valence-corrected chi connectivity index (χ4v) is 3.95. The summed E-state index contributed by atoms with van der Waals surface area (Å²) in [6, 6.07) is 20.3. The van der Waals surface area contributed by atoms with Crippen LogP contribution >= 0.6 is 34.8 Å². The van der Waals surface area contributed by atoms with Crippen LogP contribution < -0.4 is 15.5 Å². The molecule has 0 fully saturated rings. The zero-order valence-electron chi connectivity index (χ0n) is 19.2. The number of aromatic hydroxyl groups is 1. The van der Waals surface area contributed by atoms with Gasteiger partial charge in [0.25, 0.3) is 11.8 Å². The highest BCUT2D eigenvalue weighted by atomic mass is 35.5. The Morgan fingerprint density at radius 2 is 1.68 bits per heavy atom. The zero-order valence-corrected chi connectivity index (χ0v) is 21.4. The summed E-state index contributed by atoms with van der Waals surface area (Å²) in [6.45, 7) is 0.112. The average molecular weight is 557 g/mol. The van der Waals surface area contributed by atoms with E-state index in [0.717, 1.165) is 21.9 Å². The Labute approximate surface area is 227 Å². The number of carbonyl (C=O) groups is 2. The fourth-order valence-electron chi connectivity index (χ4n) is 3.45. The van der Waals surface area contributed by atoms with Gasteiger partial charge in [-0.2, -0.15) is 5.10 Å². The van der Waals surface area contributed by atoms with E-state index in [2.05, 4.69) is 15.8 Å². The Morgan fingerprint density at radius 1 is 0.892 bits per heavy atom. The molecule has 0 radical (unpaired) electrons. The van der Waals surface area contributed by atoms with Crippen LogP contribution in [-0.2, 0) is 11.3 Å². The van der Waals surface area contributed by atoms with Gasteiger partial charge in [-0.1, -0.05) is 65.1 Å². The molecule has 0 aromatic heterocycles. The van der Waals surface area contributed by atoms with E-state index in [-0.39, 0.29) is 35.4 Å². The monoisotopic (exact) mass is 555 g/mol. The van der Waals surface area contributed by atoms with Gasteiger partial charge in [0.05, 0.1) is 21.3 Å². The largest absolute Gasteiger partial charge is 0.506 e. The van der Waals surface area contributed by atoms with Crippen LogP contribution in [0.4, 0.5) is 0 Å². The van der Waals surface area contributed by atoms with Crippen molar-refractivity contribution in [2.75, 3.05) is 6.61 Å². The molecule has 0 spiro atoms. The van der Waals surface area contributed by atoms with E-state index in [1.807, 2.05) is 24.3 Å². The second-order valence-corrected chi connectivity index (χ2v) is 9.10. The molecule has 0 bridgehead atoms. The number of hydrogen-bond donors (Lipinski definition) is 3. The summed E-state index contributed by atoms with van der Waals surface area (Å²) >= 11 is 17.8. The predicted molar refractivity (Wildman–Crippen MR) is 146 cm³/mol. The number of ether oxygens (including phenoxy) is 1. The van der Waals surface area contributed by atoms with Gasteiger partial charge in [-0.25, -0.2) is 5.43 Å². The third-order valence-electron chi connectivity index (χ3n) is 5.33. The lowest BCUT2D eigenvalue weighted by Crippen LogP contribution is -2.28. The number of phenols is 1. The first kappa shape index (κ1) is 26.3. The summed E-state index contributed by atoms with van der Waals surface area (Å²) in [4.78, 5) is 24.6. The molecule has 0 atom stereocenters. The molecule has 0 heterocycles. The predicted octanol–water partition coefficient (Wildman–Crippen LogP) is 5.96. The van der Waals surface area contributed by atoms with Gasteiger partial charge < -0.3 is 15.2 Å². The third-order valence-corrected chi connectivity index (χ3v) is 6.37. The Morgan fingerprint density at radius 3 is 2.43 bits per heavy atom. The van der Waals surface area contributed by atoms with Crippen molar-refractivity contribution in [1.29, 1.82) is 0 Å². The van der Waals surface area contributed by atoms with Gasteiger partial charge in [-0.15, -0.1) is 0 Å². The highest BCUT2D eigenvalue weighted by Crippen LogP contribution is 2.28. The van der Waals surface area contributed by atoms with Gasteiger partial charge in [0.2, 0.25) is 0 Å². The van der Waals surface area contributed by atoms with Crippen LogP contribution in [0.25, 0.3) is 10.8 Å². The molecule has 4 aromatic carbocycles. The lowest BCUT2D eigenvalue weighted by atomic mass is 10.0. The van der Waals surface area contributed by atoms with Crippen molar-refractivity contribution < 1.29 is 19.4 Å². The number of benzene rings is 4. The van der Waals surface area contributed by atoms with Crippen LogP contribution in [0, 0.1) is 0 Å². The second-order valence-electron chi connectivity index (χ2n) is 7.88. The highest BCUT2D eigenvalue weighted by Gasteiger charge is 2.10. The Bertz CT molecular complexity index is 1510. The number of halogens is 3. The molecule has 3 N–H and O–H groups in total. The number of phenolic OH excluding ortho intramolecular Hbond substituents is 1. The van der Waals surface area contributed by atoms with E-state index in [1.165, 1.54) is 24.4 Å². The Hall–Kier alpha value is -3.78. The van der Waals surface area contributed by atoms with Gasteiger partial charge in [0.1, 0.15) is 11.5 Å². The first-order valence-electron chi connectivity index (χ1n) is 11.0. The van der Waals surface area contributed by atoms with Gasteiger partial charge in [0.15, 0.2) is 6.61 Å². The van der Waals surface area contributed by atoms with Crippen molar-refractivity contribution in [3.8, 4) is 11.5 Å². The van der Waals surface area contributed by atoms with Crippen LogP contribution in [0.2, 0.25) is 15.1 Å². The lowest BCUT2D eigenvalue weighted by Gasteiger charge is -2.11. The van der Waals surface area contributed by atoms with Crippen LogP contribution in [-0.4, -0.2) is 29.7 Å². The third kappa shape index (κ3) is 6.71. The summed E-state index contributed by atoms with van der Waals surface area (Å²) in [7, 11) is 0. The van der Waals surface area contributed by atoms with Crippen LogP contribution in [0.1, 0.15) is 21.5 Å². The molecule has 188 valence electrons. The number of hydrazone groups is 1. The normalized spacial score (nSPS) is 11.0. The van der Waals surface area contributed by atoms with E-state index >= 15 is 0 Å². The number of nitrogens with one attached hydrogen (secondary N) is 2. The summed E-state index contributed by atoms with van der Waals surface area (Å²) in [6.07, 6.45) is 1.51. The van der Waals surface area contributed by atoms with E-state index in [1.54, 1.807) is 30.3 Å². The van der Waals surface area contributed by atoms with Gasteiger partial charge in [0, 0.05) is 23.1 Å². The van der Waals surface area contributed by atoms with E-state index in [9.17, 15) is 14.7 Å². The van der Waals surface area contributed by atoms with Gasteiger partial charge in [-0.05, 0) is 53.4 Å². The van der Waals surface area contributed by atoms with Crippen molar-refractivity contribution in [2.24, 2.45) is 5.10 Å². The van der Waals surface area contributed by atoms with Crippen LogP contribution in [0.5, 0.6) is 11.5 Å². The number of rotatable bonds is 8. The highest BCUT2D eigenvalue weighted by molar-refractivity contribution is 6.42. The van der Waals surface area contributed by atoms with Crippen molar-refractivity contribution >= 4 is 63.6 Å². The summed E-state index contributed by atoms with van der Waals surface area (Å²) in [5, 5.41) is 18.9. The molecule has 0 saturated carbocycles. The molecule has 4 aromatic rings. The molecule has 0 unspecified atom stereocenters. The van der Waals surface area contributed by atoms with E-state index in [4.69, 9.17) is 39.5 Å². The number of amides is 2. The van der Waals surface area contributed by atoms with Crippen LogP contribution in [0.15, 0.2) is 77.9 Å². The first-order chi connectivity index (χ1) is 17.8. The average Bonchev–Trinajstić information content (AvgIpc) is 2.90. The topological polar surface area (TPSA) is 100 Å². The zero-order chi connectivity index (χ0) is 26.4. The number of hydrogen-bond acceptors (Lipinski definition) is 5. The van der Waals surface area contributed by atoms with Crippen molar-refractivity contribution in [3.05, 3.63) is 105 Å². The molecule has 2 amide bonds. The molecule has 37 heavy (non-hydrogen) atoms. The molecule has 10 heteroatoms. The van der Waals surface area contributed by atoms with Gasteiger partial charge >= 0.3 is 0 Å². The van der Waals surface area contributed by atoms with Crippen LogP contribution in [0.3, 0.4) is 0 Å². The smallest absolute Gasteiger partial charge is 0.271 e. The van der Waals surface area contributed by atoms with Crippen molar-refractivity contribution in [1.82, 2.24) is 10.7 Å². The minimum atomic E-state index is -0.478. The van der Waals surface area contributed by atoms with E-state index in [0.29, 0.717) is 15.8 Å². The number of fused-ring (bicyclic) bond motifs is 1. The first-order valence-corrected chi connectivity index (χ1v) is 12.1. The van der Waals surface area contributed by atoms with Gasteiger partial charge in [-0.3, -0.25) is 9.59 Å². The maximum absolute atomic E-state index is 12.3. The molecular weight excluding hydrogens is 537 g/mol. The number of nitrogens with zero attached hydrogens (tertiary/aromatic N) is 1. The SMILES string of the molecule is O=C(COc1ccc(/C=N/NC(=O)c2ccc(O)c(Cl)c2)c2ccccc12)NCc1ccc(Cl)c(Cl)c1. The molecule has 0 aliphatic carbocycles. The maximum Gasteiger partial charge on any atom is 0.271 e. The van der Waals surface area contributed by atoms with Crippen molar-refractivity contribution in [3.63, 3.8) is 0 Å². The molecule has 4 rings (SSSR count). The molecule has 7 nitrogen and oxygen atoms in total. The number of carbonyl (C=O) groups excluding carboxylic acids is 2. The van der Waals surface area contributed by atoms with Crippen molar-refractivity contribution in [2.45, 2.75) is 6.54 Å². The fraction of sp³-hybridized carbons (Fsp3) is 0.0741. The maximum atomic E-state index is 12.3. The summed E-state index contributed by atoms with van der Waals surface area (Å²) in [5.41, 5.74) is 4.24. The standard InChI is InChI=1S/C27H20Cl3N3O4/c28-21-8-5-16(11-22(21)29)13-31-26(35)15-37-25-10-7-18(19-3-1-2-4-20(19)25)14-32-33-27(36)17-6-9-24(34)23(30)12-17/h1-12,14,34H,13,15H2,(H,31,35)(H,33,36)/b32-14+. The molecule has 0 aliphatic heterocycles. The Balaban J connectivity index is 1.39. The molecule has 0 aliphatic rings. The summed E-state index contributed by atoms with van der Waals surface area (Å²) in [5.74, 6) is -0.355. The summed E-state index contributed by atoms with van der Waals surface area (Å²) < 4.78 is 5.78. The molecular formula is C27H20Cl3N3O4.